The summed E-state index contributed by atoms with van der Waals surface area (Å²) in [5, 5.41) is 31.8. The molecule has 0 saturated carbocycles. The summed E-state index contributed by atoms with van der Waals surface area (Å²) < 4.78 is 96.3. The van der Waals surface area contributed by atoms with Gasteiger partial charge in [0.05, 0.1) is 24.9 Å². The molecular formula is C27H35F3N4O16P2. The maximum atomic E-state index is 13.4. The first-order chi connectivity index (χ1) is 24.2. The number of nitrogens with zero attached hydrogens (tertiary/aromatic N) is 1. The number of esters is 1. The number of alkyl halides is 3. The Morgan fingerprint density at radius 2 is 1.69 bits per heavy atom. The van der Waals surface area contributed by atoms with Crippen molar-refractivity contribution in [1.29, 1.82) is 0 Å². The Labute approximate surface area is 290 Å². The molecule has 20 nitrogen and oxygen atoms in total. The van der Waals surface area contributed by atoms with Gasteiger partial charge < -0.3 is 39.3 Å². The average Bonchev–Trinajstić information content (AvgIpc) is 3.84. The second-order valence-corrected chi connectivity index (χ2v) is 15.1. The van der Waals surface area contributed by atoms with Crippen molar-refractivity contribution in [1.82, 2.24) is 20.4 Å². The summed E-state index contributed by atoms with van der Waals surface area (Å²) in [5.74, 6) is -2.02. The molecule has 25 heteroatoms. The minimum Gasteiger partial charge on any atom is -0.451 e. The summed E-state index contributed by atoms with van der Waals surface area (Å²) in [6, 6.07) is 4.83. The van der Waals surface area contributed by atoms with Crippen molar-refractivity contribution in [2.75, 3.05) is 13.2 Å². The smallest absolute Gasteiger partial charge is 0.451 e. The van der Waals surface area contributed by atoms with Gasteiger partial charge in [-0.3, -0.25) is 23.4 Å². The first-order valence-corrected chi connectivity index (χ1v) is 18.4. The summed E-state index contributed by atoms with van der Waals surface area (Å²) >= 11 is 0. The molecule has 2 aromatic rings. The quantitative estimate of drug-likeness (QED) is 0.0786. The molecule has 8 N–H and O–H groups in total. The molecule has 290 valence electrons. The number of benzene rings is 1. The lowest BCUT2D eigenvalue weighted by Gasteiger charge is -2.27. The van der Waals surface area contributed by atoms with Crippen LogP contribution < -0.4 is 22.1 Å². The fourth-order valence-corrected chi connectivity index (χ4v) is 7.84. The minimum atomic E-state index is -5.61. The number of phosphoric ester groups is 2. The van der Waals surface area contributed by atoms with Gasteiger partial charge in [-0.2, -0.15) is 17.5 Å². The number of rotatable bonds is 12. The number of aliphatic hydroxyl groups excluding tert-OH is 3. The van der Waals surface area contributed by atoms with E-state index in [2.05, 4.69) is 4.31 Å². The van der Waals surface area contributed by atoms with Crippen molar-refractivity contribution in [3.8, 4) is 0 Å². The van der Waals surface area contributed by atoms with Crippen molar-refractivity contribution in [3.05, 3.63) is 68.5 Å². The standard InChI is InChI=1S/C27H35F3N4O16P2/c1-3-13-10-45-24(20(38)18(36)12(13)2)49-52(43,44)50-51(41,42)46-11-16-19(37)21(22(47-16)34-9-8-17(35)31-25(34)40)48-23(39)14-4-6-15(7-5-14)26(32-33-26)27(28,29)30/h4-9,12-13,16,18-22,24,32-33,36-38H,3,10-11H2,1-2H3,(H,41,42)(H,43,44)(H,31,35,40). The van der Waals surface area contributed by atoms with Gasteiger partial charge in [-0.05, 0) is 29.5 Å². The highest BCUT2D eigenvalue weighted by Crippen LogP contribution is 2.61. The Hall–Kier alpha value is -2.86. The van der Waals surface area contributed by atoms with Gasteiger partial charge >= 0.3 is 33.5 Å². The number of H-pyrrole nitrogens is 1. The molecule has 3 saturated heterocycles. The van der Waals surface area contributed by atoms with Crippen LogP contribution in [-0.4, -0.2) is 96.8 Å². The van der Waals surface area contributed by atoms with E-state index in [1.165, 1.54) is 0 Å². The van der Waals surface area contributed by atoms with Crippen LogP contribution in [0.15, 0.2) is 46.1 Å². The number of nitrogens with one attached hydrogen (secondary N) is 3. The molecule has 4 heterocycles. The van der Waals surface area contributed by atoms with Crippen molar-refractivity contribution < 1.29 is 79.8 Å². The molecule has 52 heavy (non-hydrogen) atoms. The zero-order chi connectivity index (χ0) is 38.4. The zero-order valence-electron chi connectivity index (χ0n) is 27.0. The van der Waals surface area contributed by atoms with Crippen LogP contribution in [0.3, 0.4) is 0 Å². The lowest BCUT2D eigenvalue weighted by molar-refractivity contribution is -0.170. The molecule has 0 aliphatic carbocycles. The highest BCUT2D eigenvalue weighted by atomic mass is 31.3. The number of hydrogen-bond acceptors (Lipinski definition) is 16. The van der Waals surface area contributed by atoms with E-state index in [1.54, 1.807) is 13.8 Å². The van der Waals surface area contributed by atoms with Gasteiger partial charge in [0, 0.05) is 12.3 Å². The van der Waals surface area contributed by atoms with Crippen LogP contribution >= 0.6 is 15.6 Å². The van der Waals surface area contributed by atoms with Crippen LogP contribution in [0.5, 0.6) is 0 Å². The van der Waals surface area contributed by atoms with Crippen LogP contribution in [0.2, 0.25) is 0 Å². The van der Waals surface area contributed by atoms with E-state index in [0.29, 0.717) is 11.0 Å². The largest absolute Gasteiger partial charge is 0.483 e. The predicted molar refractivity (Wildman–Crippen MR) is 163 cm³/mol. The van der Waals surface area contributed by atoms with Crippen molar-refractivity contribution in [3.63, 3.8) is 0 Å². The van der Waals surface area contributed by atoms with E-state index in [1.807, 2.05) is 15.8 Å². The molecule has 3 aliphatic heterocycles. The Morgan fingerprint density at radius 1 is 1.04 bits per heavy atom. The number of hydrogen-bond donors (Lipinski definition) is 8. The van der Waals surface area contributed by atoms with E-state index in [0.717, 1.165) is 36.5 Å². The van der Waals surface area contributed by atoms with Crippen LogP contribution in [0.4, 0.5) is 13.2 Å². The lowest BCUT2D eigenvalue weighted by atomic mass is 9.86. The number of aromatic nitrogens is 2. The first-order valence-electron chi connectivity index (χ1n) is 15.4. The van der Waals surface area contributed by atoms with Crippen LogP contribution in [0.25, 0.3) is 0 Å². The predicted octanol–water partition coefficient (Wildman–Crippen LogP) is -0.166. The maximum absolute atomic E-state index is 13.4. The molecule has 11 atom stereocenters. The SMILES string of the molecule is CCC1COC(OP(=O)(O)OP(=O)(O)OCC2OC(n3ccc(=O)[nH]c3=O)C(OC(=O)c3ccc(C4(C(F)(F)F)NN4)cc3)C2O)C(O)C(O)C1C. The average molecular weight is 791 g/mol. The number of ether oxygens (including phenoxy) is 3. The van der Waals surface area contributed by atoms with Gasteiger partial charge in [0.1, 0.15) is 18.3 Å². The number of hydrazine groups is 1. The third-order valence-corrected chi connectivity index (χ3v) is 11.4. The van der Waals surface area contributed by atoms with Crippen molar-refractivity contribution in [2.24, 2.45) is 11.8 Å². The summed E-state index contributed by atoms with van der Waals surface area (Å²) in [4.78, 5) is 59.6. The minimum absolute atomic E-state index is 0.120. The molecular weight excluding hydrogens is 755 g/mol. The van der Waals surface area contributed by atoms with Crippen molar-refractivity contribution >= 4 is 21.6 Å². The summed E-state index contributed by atoms with van der Waals surface area (Å²) in [7, 11) is -11.2. The highest BCUT2D eigenvalue weighted by Gasteiger charge is 2.65. The number of aromatic amines is 1. The second kappa shape index (κ2) is 15.1. The Bertz CT molecular complexity index is 1830. The van der Waals surface area contributed by atoms with Gasteiger partial charge in [-0.15, -0.1) is 0 Å². The number of carbonyl (C=O) groups is 1. The van der Waals surface area contributed by atoms with Gasteiger partial charge in [0.2, 0.25) is 5.66 Å². The maximum Gasteiger partial charge on any atom is 0.483 e. The van der Waals surface area contributed by atoms with E-state index < -0.39 is 100 Å². The summed E-state index contributed by atoms with van der Waals surface area (Å²) in [6.45, 7) is 2.14. The van der Waals surface area contributed by atoms with E-state index in [4.69, 9.17) is 23.3 Å². The van der Waals surface area contributed by atoms with Crippen LogP contribution in [0, 0.1) is 11.8 Å². The molecule has 3 fully saturated rings. The fraction of sp³-hybridized carbons (Fsp3) is 0.593. The molecule has 1 aromatic carbocycles. The van der Waals surface area contributed by atoms with Crippen molar-refractivity contribution in [2.45, 2.75) is 75.1 Å². The Balaban J connectivity index is 1.28. The monoisotopic (exact) mass is 790 g/mol. The van der Waals surface area contributed by atoms with E-state index in [9.17, 15) is 61.8 Å². The zero-order valence-corrected chi connectivity index (χ0v) is 28.8. The van der Waals surface area contributed by atoms with Gasteiger partial charge in [0.15, 0.2) is 18.6 Å². The normalized spacial score (nSPS) is 32.7. The third kappa shape index (κ3) is 8.58. The molecule has 3 aliphatic rings. The van der Waals surface area contributed by atoms with Gasteiger partial charge in [0.25, 0.3) is 5.56 Å². The molecule has 1 aromatic heterocycles. The molecule has 0 spiro atoms. The van der Waals surface area contributed by atoms with Gasteiger partial charge in [-0.25, -0.2) is 29.6 Å². The van der Waals surface area contributed by atoms with Crippen LogP contribution in [0.1, 0.15) is 42.4 Å². The first kappa shape index (κ1) is 40.3. The Kier molecular flexibility index (Phi) is 11.7. The molecule has 0 bridgehead atoms. The number of carbonyl (C=O) groups excluding carboxylic acids is 1. The fourth-order valence-electron chi connectivity index (χ4n) is 5.67. The Morgan fingerprint density at radius 3 is 2.27 bits per heavy atom. The third-order valence-electron chi connectivity index (χ3n) is 8.79. The molecule has 0 amide bonds. The molecule has 11 unspecified atom stereocenters. The molecule has 5 rings (SSSR count). The summed E-state index contributed by atoms with van der Waals surface area (Å²) in [5.41, 5.74) is -1.07. The van der Waals surface area contributed by atoms with E-state index >= 15 is 0 Å². The number of aliphatic hydroxyl groups is 3. The lowest BCUT2D eigenvalue weighted by Crippen LogP contribution is -2.41. The summed E-state index contributed by atoms with van der Waals surface area (Å²) in [6.07, 6.45) is -15.9. The van der Waals surface area contributed by atoms with Gasteiger partial charge in [-0.1, -0.05) is 32.4 Å². The second-order valence-electron chi connectivity index (χ2n) is 12.1. The van der Waals surface area contributed by atoms with E-state index in [-0.39, 0.29) is 23.7 Å². The molecule has 0 radical (unpaired) electrons. The number of phosphoric acid groups is 2. The van der Waals surface area contributed by atoms with Crippen LogP contribution in [-0.2, 0) is 42.4 Å². The number of halogens is 3. The highest BCUT2D eigenvalue weighted by molar-refractivity contribution is 7.61. The topological polar surface area (TPSA) is 306 Å².